The second-order valence-corrected chi connectivity index (χ2v) is 6.27. The van der Waals surface area contributed by atoms with Crippen LogP contribution in [0.2, 0.25) is 0 Å². The predicted octanol–water partition coefficient (Wildman–Crippen LogP) is 4.20. The average molecular weight is 330 g/mol. The third kappa shape index (κ3) is 3.83. The van der Waals surface area contributed by atoms with Crippen LogP contribution in [0.1, 0.15) is 44.9 Å². The molecule has 1 unspecified atom stereocenters. The highest BCUT2D eigenvalue weighted by Gasteiger charge is 2.25. The average Bonchev–Trinajstić information content (AvgIpc) is 3.09. The molecule has 24 heavy (non-hydrogen) atoms. The molecule has 0 aliphatic carbocycles. The standard InChI is InChI=1S/C19H23FN2O2/c1-2-16-5-3-4-12-22(16)19(23)11-10-18-21-13-17(24-18)14-6-8-15(20)9-7-14/h6-9,13,16H,2-5,10-12H2,1H3. The normalized spacial score (nSPS) is 17.9. The van der Waals surface area contributed by atoms with Crippen molar-refractivity contribution in [2.75, 3.05) is 6.54 Å². The highest BCUT2D eigenvalue weighted by molar-refractivity contribution is 5.76. The molecule has 1 atom stereocenters. The number of piperidine rings is 1. The van der Waals surface area contributed by atoms with Crippen molar-refractivity contribution in [2.24, 2.45) is 0 Å². The number of amides is 1. The molecule has 4 nitrogen and oxygen atoms in total. The number of likely N-dealkylation sites (tertiary alicyclic amines) is 1. The van der Waals surface area contributed by atoms with Crippen molar-refractivity contribution in [1.82, 2.24) is 9.88 Å². The number of hydrogen-bond donors (Lipinski definition) is 0. The summed E-state index contributed by atoms with van der Waals surface area (Å²) in [5.41, 5.74) is 0.781. The molecule has 1 saturated heterocycles. The number of oxazole rings is 1. The number of rotatable bonds is 5. The van der Waals surface area contributed by atoms with E-state index in [0.29, 0.717) is 30.5 Å². The molecule has 3 rings (SSSR count). The molecule has 1 aromatic carbocycles. The second kappa shape index (κ2) is 7.60. The van der Waals surface area contributed by atoms with Crippen LogP contribution in [0.15, 0.2) is 34.9 Å². The Kier molecular flexibility index (Phi) is 5.28. The number of nitrogens with zero attached hydrogens (tertiary/aromatic N) is 2. The fourth-order valence-electron chi connectivity index (χ4n) is 3.28. The van der Waals surface area contributed by atoms with Crippen molar-refractivity contribution < 1.29 is 13.6 Å². The lowest BCUT2D eigenvalue weighted by Gasteiger charge is -2.35. The minimum Gasteiger partial charge on any atom is -0.441 e. The minimum absolute atomic E-state index is 0.183. The van der Waals surface area contributed by atoms with Gasteiger partial charge in [0.05, 0.1) is 6.20 Å². The molecule has 0 bridgehead atoms. The van der Waals surface area contributed by atoms with Gasteiger partial charge in [-0.15, -0.1) is 0 Å². The van der Waals surface area contributed by atoms with Crippen LogP contribution in [0.25, 0.3) is 11.3 Å². The molecule has 1 amide bonds. The molecule has 1 aliphatic heterocycles. The first-order valence-electron chi connectivity index (χ1n) is 8.67. The van der Waals surface area contributed by atoms with Gasteiger partial charge in [-0.25, -0.2) is 9.37 Å². The fraction of sp³-hybridized carbons (Fsp3) is 0.474. The number of halogens is 1. The maximum absolute atomic E-state index is 13.0. The Balaban J connectivity index is 1.59. The van der Waals surface area contributed by atoms with Crippen molar-refractivity contribution in [1.29, 1.82) is 0 Å². The van der Waals surface area contributed by atoms with Gasteiger partial charge in [0, 0.05) is 31.0 Å². The van der Waals surface area contributed by atoms with Gasteiger partial charge in [-0.2, -0.15) is 0 Å². The van der Waals surface area contributed by atoms with Gasteiger partial charge >= 0.3 is 0 Å². The molecule has 1 fully saturated rings. The molecule has 2 heterocycles. The first kappa shape index (κ1) is 16.7. The fourth-order valence-corrected chi connectivity index (χ4v) is 3.28. The van der Waals surface area contributed by atoms with Crippen molar-refractivity contribution in [3.63, 3.8) is 0 Å². The Morgan fingerprint density at radius 3 is 2.88 bits per heavy atom. The number of carbonyl (C=O) groups is 1. The van der Waals surface area contributed by atoms with Crippen LogP contribution in [0.4, 0.5) is 4.39 Å². The summed E-state index contributed by atoms with van der Waals surface area (Å²) in [5, 5.41) is 0. The molecule has 0 radical (unpaired) electrons. The van der Waals surface area contributed by atoms with Crippen LogP contribution < -0.4 is 0 Å². The van der Waals surface area contributed by atoms with Gasteiger partial charge < -0.3 is 9.32 Å². The third-order valence-corrected chi connectivity index (χ3v) is 4.65. The summed E-state index contributed by atoms with van der Waals surface area (Å²) in [6.07, 6.45) is 6.96. The Morgan fingerprint density at radius 1 is 1.33 bits per heavy atom. The monoisotopic (exact) mass is 330 g/mol. The van der Waals surface area contributed by atoms with Crippen LogP contribution >= 0.6 is 0 Å². The molecule has 2 aromatic rings. The molecule has 128 valence electrons. The maximum Gasteiger partial charge on any atom is 0.223 e. The number of aromatic nitrogens is 1. The van der Waals surface area contributed by atoms with E-state index in [2.05, 4.69) is 11.9 Å². The zero-order valence-corrected chi connectivity index (χ0v) is 14.0. The molecule has 1 aliphatic rings. The molecule has 0 N–H and O–H groups in total. The van der Waals surface area contributed by atoms with Crippen LogP contribution in [-0.2, 0) is 11.2 Å². The minimum atomic E-state index is -0.281. The van der Waals surface area contributed by atoms with Gasteiger partial charge in [-0.3, -0.25) is 4.79 Å². The Labute approximate surface area is 141 Å². The van der Waals surface area contributed by atoms with E-state index in [4.69, 9.17) is 4.42 Å². The summed E-state index contributed by atoms with van der Waals surface area (Å²) >= 11 is 0. The molecule has 0 saturated carbocycles. The van der Waals surface area contributed by atoms with Crippen molar-refractivity contribution in [3.8, 4) is 11.3 Å². The smallest absolute Gasteiger partial charge is 0.223 e. The van der Waals surface area contributed by atoms with E-state index in [-0.39, 0.29) is 11.7 Å². The quantitative estimate of drug-likeness (QED) is 0.825. The maximum atomic E-state index is 13.0. The van der Waals surface area contributed by atoms with Crippen molar-refractivity contribution in [3.05, 3.63) is 42.2 Å². The summed E-state index contributed by atoms with van der Waals surface area (Å²) in [7, 11) is 0. The summed E-state index contributed by atoms with van der Waals surface area (Å²) in [4.78, 5) is 18.7. The first-order chi connectivity index (χ1) is 11.7. The zero-order valence-electron chi connectivity index (χ0n) is 14.0. The zero-order chi connectivity index (χ0) is 16.9. The lowest BCUT2D eigenvalue weighted by atomic mass is 9.99. The lowest BCUT2D eigenvalue weighted by molar-refractivity contribution is -0.135. The van der Waals surface area contributed by atoms with Crippen molar-refractivity contribution >= 4 is 5.91 Å². The second-order valence-electron chi connectivity index (χ2n) is 6.27. The molecule has 1 aromatic heterocycles. The van der Waals surface area contributed by atoms with E-state index in [9.17, 15) is 9.18 Å². The summed E-state index contributed by atoms with van der Waals surface area (Å²) in [6, 6.07) is 6.48. The largest absolute Gasteiger partial charge is 0.441 e. The first-order valence-corrected chi connectivity index (χ1v) is 8.67. The van der Waals surface area contributed by atoms with E-state index in [1.807, 2.05) is 4.90 Å². The van der Waals surface area contributed by atoms with E-state index < -0.39 is 0 Å². The lowest BCUT2D eigenvalue weighted by Crippen LogP contribution is -2.43. The van der Waals surface area contributed by atoms with Gasteiger partial charge in [-0.05, 0) is 49.9 Å². The van der Waals surface area contributed by atoms with Crippen LogP contribution in [0, 0.1) is 5.82 Å². The molecular weight excluding hydrogens is 307 g/mol. The van der Waals surface area contributed by atoms with Gasteiger partial charge in [0.2, 0.25) is 5.91 Å². The Bertz CT molecular complexity index is 681. The summed E-state index contributed by atoms with van der Waals surface area (Å²) < 4.78 is 18.7. The van der Waals surface area contributed by atoms with E-state index in [0.717, 1.165) is 31.4 Å². The van der Waals surface area contributed by atoms with E-state index in [1.54, 1.807) is 18.3 Å². The molecular formula is C19H23FN2O2. The Morgan fingerprint density at radius 2 is 2.12 bits per heavy atom. The predicted molar refractivity (Wildman–Crippen MR) is 89.9 cm³/mol. The summed E-state index contributed by atoms with van der Waals surface area (Å²) in [5.74, 6) is 1.05. The topological polar surface area (TPSA) is 46.3 Å². The van der Waals surface area contributed by atoms with E-state index >= 15 is 0 Å². The number of benzene rings is 1. The molecule has 5 heteroatoms. The SMILES string of the molecule is CCC1CCCCN1C(=O)CCc1ncc(-c2ccc(F)cc2)o1. The number of hydrogen-bond acceptors (Lipinski definition) is 3. The van der Waals surface area contributed by atoms with Gasteiger partial charge in [0.25, 0.3) is 0 Å². The number of aryl methyl sites for hydroxylation is 1. The van der Waals surface area contributed by atoms with Crippen molar-refractivity contribution in [2.45, 2.75) is 51.5 Å². The van der Waals surface area contributed by atoms with E-state index in [1.165, 1.54) is 18.6 Å². The number of carbonyl (C=O) groups excluding carboxylic acids is 1. The van der Waals surface area contributed by atoms with Crippen LogP contribution in [-0.4, -0.2) is 28.4 Å². The Hall–Kier alpha value is -2.17. The highest BCUT2D eigenvalue weighted by Crippen LogP contribution is 2.23. The third-order valence-electron chi connectivity index (χ3n) is 4.65. The van der Waals surface area contributed by atoms with Gasteiger partial charge in [0.15, 0.2) is 11.7 Å². The van der Waals surface area contributed by atoms with Crippen LogP contribution in [0.3, 0.4) is 0 Å². The summed E-state index contributed by atoms with van der Waals surface area (Å²) in [6.45, 7) is 3.00. The van der Waals surface area contributed by atoms with Gasteiger partial charge in [0.1, 0.15) is 5.82 Å². The molecule has 0 spiro atoms. The van der Waals surface area contributed by atoms with Crippen LogP contribution in [0.5, 0.6) is 0 Å². The highest BCUT2D eigenvalue weighted by atomic mass is 19.1. The van der Waals surface area contributed by atoms with Gasteiger partial charge in [-0.1, -0.05) is 6.92 Å².